The highest BCUT2D eigenvalue weighted by Crippen LogP contribution is 2.28. The molecule has 1 aromatic carbocycles. The first kappa shape index (κ1) is 14.5. The molecule has 0 heterocycles. The zero-order valence-corrected chi connectivity index (χ0v) is 11.7. The Morgan fingerprint density at radius 1 is 1.26 bits per heavy atom. The summed E-state index contributed by atoms with van der Waals surface area (Å²) in [7, 11) is 0. The number of hydrogen-bond donors (Lipinski definition) is 2. The van der Waals surface area contributed by atoms with Crippen LogP contribution >= 0.6 is 0 Å². The molecule has 0 aromatic heterocycles. The smallest absolute Gasteiger partial charge is 0.127 e. The molecule has 19 heavy (non-hydrogen) atoms. The van der Waals surface area contributed by atoms with Crippen LogP contribution in [-0.4, -0.2) is 17.3 Å². The summed E-state index contributed by atoms with van der Waals surface area (Å²) in [5, 5.41) is 13.8. The van der Waals surface area contributed by atoms with Crippen LogP contribution in [0.1, 0.15) is 57.1 Å². The minimum atomic E-state index is -0.600. The molecule has 1 fully saturated rings. The van der Waals surface area contributed by atoms with E-state index in [1.807, 2.05) is 19.1 Å². The maximum atomic E-state index is 13.8. The minimum absolute atomic E-state index is 0.0212. The van der Waals surface area contributed by atoms with Gasteiger partial charge < -0.3 is 10.4 Å². The fourth-order valence-electron chi connectivity index (χ4n) is 2.93. The van der Waals surface area contributed by atoms with Crippen LogP contribution in [0.15, 0.2) is 24.3 Å². The Labute approximate surface area is 115 Å². The molecule has 1 aliphatic rings. The lowest BCUT2D eigenvalue weighted by Crippen LogP contribution is -2.43. The van der Waals surface area contributed by atoms with Crippen molar-refractivity contribution >= 4 is 0 Å². The maximum Gasteiger partial charge on any atom is 0.127 e. The van der Waals surface area contributed by atoms with Gasteiger partial charge in [-0.25, -0.2) is 4.39 Å². The fraction of sp³-hybridized carbons (Fsp3) is 0.625. The molecule has 1 saturated carbocycles. The second-order valence-electron chi connectivity index (χ2n) is 5.65. The van der Waals surface area contributed by atoms with Crippen LogP contribution < -0.4 is 5.32 Å². The highest BCUT2D eigenvalue weighted by atomic mass is 19.1. The van der Waals surface area contributed by atoms with Crippen LogP contribution in [0.3, 0.4) is 0 Å². The van der Waals surface area contributed by atoms with E-state index in [1.165, 1.54) is 12.5 Å². The quantitative estimate of drug-likeness (QED) is 0.853. The summed E-state index contributed by atoms with van der Waals surface area (Å²) in [4.78, 5) is 0. The first-order valence-corrected chi connectivity index (χ1v) is 7.35. The summed E-state index contributed by atoms with van der Waals surface area (Å²) in [5.74, 6) is -0.169. The molecule has 1 unspecified atom stereocenters. The SMILES string of the molecule is CCC(NCC1(O)CCCCC1)c1ccccc1F. The molecule has 1 atom stereocenters. The standard InChI is InChI=1S/C16H24FNO/c1-2-15(13-8-4-5-9-14(13)17)18-12-16(19)10-6-3-7-11-16/h4-5,8-9,15,18-19H,2-3,6-7,10-12H2,1H3. The summed E-state index contributed by atoms with van der Waals surface area (Å²) < 4.78 is 13.8. The van der Waals surface area contributed by atoms with Crippen molar-refractivity contribution in [3.63, 3.8) is 0 Å². The molecule has 0 spiro atoms. The van der Waals surface area contributed by atoms with E-state index in [2.05, 4.69) is 5.32 Å². The fourth-order valence-corrected chi connectivity index (χ4v) is 2.93. The number of rotatable bonds is 5. The van der Waals surface area contributed by atoms with Crippen molar-refractivity contribution < 1.29 is 9.50 Å². The van der Waals surface area contributed by atoms with Crippen molar-refractivity contribution in [1.82, 2.24) is 5.32 Å². The molecule has 2 rings (SSSR count). The first-order valence-electron chi connectivity index (χ1n) is 7.35. The zero-order chi connectivity index (χ0) is 13.7. The van der Waals surface area contributed by atoms with Gasteiger partial charge in [0.2, 0.25) is 0 Å². The van der Waals surface area contributed by atoms with E-state index in [0.29, 0.717) is 12.1 Å². The summed E-state index contributed by atoms with van der Waals surface area (Å²) in [6.07, 6.45) is 5.93. The van der Waals surface area contributed by atoms with Gasteiger partial charge in [0.25, 0.3) is 0 Å². The molecule has 0 saturated heterocycles. The largest absolute Gasteiger partial charge is 0.389 e. The van der Waals surface area contributed by atoms with E-state index in [0.717, 1.165) is 32.1 Å². The number of halogens is 1. The number of benzene rings is 1. The Kier molecular flexibility index (Phi) is 4.94. The Hall–Kier alpha value is -0.930. The summed E-state index contributed by atoms with van der Waals surface area (Å²) in [6, 6.07) is 6.86. The lowest BCUT2D eigenvalue weighted by molar-refractivity contribution is 0.00239. The molecule has 106 valence electrons. The number of aliphatic hydroxyl groups is 1. The molecule has 2 nitrogen and oxygen atoms in total. The van der Waals surface area contributed by atoms with Gasteiger partial charge in [-0.1, -0.05) is 44.4 Å². The Balaban J connectivity index is 1.98. The Morgan fingerprint density at radius 3 is 2.58 bits per heavy atom. The lowest BCUT2D eigenvalue weighted by Gasteiger charge is -2.34. The molecule has 3 heteroatoms. The number of nitrogens with one attached hydrogen (secondary N) is 1. The molecule has 0 aliphatic heterocycles. The van der Waals surface area contributed by atoms with Gasteiger partial charge in [0, 0.05) is 18.2 Å². The highest BCUT2D eigenvalue weighted by Gasteiger charge is 2.29. The maximum absolute atomic E-state index is 13.8. The van der Waals surface area contributed by atoms with Gasteiger partial charge in [-0.05, 0) is 25.3 Å². The molecule has 2 N–H and O–H groups in total. The van der Waals surface area contributed by atoms with Crippen molar-refractivity contribution in [3.8, 4) is 0 Å². The third-order valence-corrected chi connectivity index (χ3v) is 4.15. The Bertz CT molecular complexity index is 401. The molecule has 1 aromatic rings. The van der Waals surface area contributed by atoms with E-state index < -0.39 is 5.60 Å². The van der Waals surface area contributed by atoms with E-state index >= 15 is 0 Å². The molecule has 0 bridgehead atoms. The Morgan fingerprint density at radius 2 is 1.95 bits per heavy atom. The van der Waals surface area contributed by atoms with E-state index in [-0.39, 0.29) is 11.9 Å². The van der Waals surface area contributed by atoms with Crippen LogP contribution in [-0.2, 0) is 0 Å². The van der Waals surface area contributed by atoms with Gasteiger partial charge in [-0.2, -0.15) is 0 Å². The van der Waals surface area contributed by atoms with Crippen molar-refractivity contribution in [2.75, 3.05) is 6.54 Å². The van der Waals surface area contributed by atoms with Crippen molar-refractivity contribution in [2.45, 2.75) is 57.1 Å². The van der Waals surface area contributed by atoms with Crippen molar-refractivity contribution in [1.29, 1.82) is 0 Å². The summed E-state index contributed by atoms with van der Waals surface area (Å²) >= 11 is 0. The third kappa shape index (κ3) is 3.77. The second kappa shape index (κ2) is 6.49. The van der Waals surface area contributed by atoms with Gasteiger partial charge in [0.15, 0.2) is 0 Å². The predicted octanol–water partition coefficient (Wildman–Crippen LogP) is 3.56. The highest BCUT2D eigenvalue weighted by molar-refractivity contribution is 5.21. The minimum Gasteiger partial charge on any atom is -0.389 e. The monoisotopic (exact) mass is 265 g/mol. The summed E-state index contributed by atoms with van der Waals surface area (Å²) in [6.45, 7) is 2.59. The molecular formula is C16H24FNO. The third-order valence-electron chi connectivity index (χ3n) is 4.15. The van der Waals surface area contributed by atoms with E-state index in [9.17, 15) is 9.50 Å². The predicted molar refractivity (Wildman–Crippen MR) is 75.5 cm³/mol. The first-order chi connectivity index (χ1) is 9.14. The average Bonchev–Trinajstić information content (AvgIpc) is 2.42. The molecule has 0 radical (unpaired) electrons. The summed E-state index contributed by atoms with van der Waals surface area (Å²) in [5.41, 5.74) is 0.0983. The normalized spacial score (nSPS) is 20.2. The van der Waals surface area contributed by atoms with Crippen LogP contribution in [0.5, 0.6) is 0 Å². The van der Waals surface area contributed by atoms with Crippen LogP contribution in [0.25, 0.3) is 0 Å². The second-order valence-corrected chi connectivity index (χ2v) is 5.65. The molecule has 0 amide bonds. The van der Waals surface area contributed by atoms with E-state index in [4.69, 9.17) is 0 Å². The topological polar surface area (TPSA) is 32.3 Å². The van der Waals surface area contributed by atoms with Gasteiger partial charge in [0.05, 0.1) is 5.60 Å². The van der Waals surface area contributed by atoms with Crippen LogP contribution in [0.4, 0.5) is 4.39 Å². The zero-order valence-electron chi connectivity index (χ0n) is 11.7. The average molecular weight is 265 g/mol. The van der Waals surface area contributed by atoms with E-state index in [1.54, 1.807) is 6.07 Å². The van der Waals surface area contributed by atoms with Crippen LogP contribution in [0, 0.1) is 5.82 Å². The van der Waals surface area contributed by atoms with Gasteiger partial charge >= 0.3 is 0 Å². The number of hydrogen-bond acceptors (Lipinski definition) is 2. The van der Waals surface area contributed by atoms with Gasteiger partial charge in [0.1, 0.15) is 5.82 Å². The molecule has 1 aliphatic carbocycles. The lowest BCUT2D eigenvalue weighted by atomic mass is 9.84. The van der Waals surface area contributed by atoms with Crippen molar-refractivity contribution in [2.24, 2.45) is 0 Å². The molecular weight excluding hydrogens is 241 g/mol. The van der Waals surface area contributed by atoms with Crippen molar-refractivity contribution in [3.05, 3.63) is 35.6 Å². The van der Waals surface area contributed by atoms with Gasteiger partial charge in [-0.15, -0.1) is 0 Å². The van der Waals surface area contributed by atoms with Crippen LogP contribution in [0.2, 0.25) is 0 Å². The van der Waals surface area contributed by atoms with Gasteiger partial charge in [-0.3, -0.25) is 0 Å².